The zero-order valence-corrected chi connectivity index (χ0v) is 15.1. The molecule has 2 heterocycles. The van der Waals surface area contributed by atoms with E-state index in [9.17, 15) is 9.90 Å². The number of thiazole rings is 1. The average molecular weight is 379 g/mol. The average Bonchev–Trinajstić information content (AvgIpc) is 3.08. The molecule has 0 aliphatic carbocycles. The molecule has 0 aliphatic heterocycles. The standard InChI is InChI=1S/C19H17N5O2S/c1-2-8-22-19-24(23-11-14-5-3-4-9-21-14)16(12-27-19)13-6-7-17(25)15(10-13)18(20)26/h2-7,9-12,25H,1,8H2,(H2,20,26)/b22-19?,23-11-. The summed E-state index contributed by atoms with van der Waals surface area (Å²) in [7, 11) is 0. The Balaban J connectivity index is 2.12. The van der Waals surface area contributed by atoms with Crippen molar-refractivity contribution < 1.29 is 9.90 Å². The lowest BCUT2D eigenvalue weighted by Crippen LogP contribution is -2.13. The first-order chi connectivity index (χ1) is 13.1. The quantitative estimate of drug-likeness (QED) is 0.507. The van der Waals surface area contributed by atoms with Gasteiger partial charge in [-0.2, -0.15) is 5.10 Å². The number of primary amides is 1. The second-order valence-electron chi connectivity index (χ2n) is 5.44. The van der Waals surface area contributed by atoms with E-state index in [1.54, 1.807) is 29.2 Å². The van der Waals surface area contributed by atoms with Crippen molar-refractivity contribution in [2.45, 2.75) is 0 Å². The van der Waals surface area contributed by atoms with Crippen LogP contribution in [0.25, 0.3) is 11.3 Å². The Morgan fingerprint density at radius 3 is 2.93 bits per heavy atom. The van der Waals surface area contributed by atoms with Gasteiger partial charge >= 0.3 is 0 Å². The third-order valence-corrected chi connectivity index (χ3v) is 4.45. The molecule has 3 aromatic rings. The first kappa shape index (κ1) is 18.3. The molecule has 0 spiro atoms. The Labute approximate surface area is 159 Å². The molecule has 1 aromatic carbocycles. The minimum absolute atomic E-state index is 0.0449. The number of hydrogen-bond acceptors (Lipinski definition) is 6. The highest BCUT2D eigenvalue weighted by molar-refractivity contribution is 7.07. The van der Waals surface area contributed by atoms with Crippen molar-refractivity contribution in [3.05, 3.63) is 76.7 Å². The molecule has 0 atom stereocenters. The van der Waals surface area contributed by atoms with Gasteiger partial charge in [-0.25, -0.2) is 4.68 Å². The molecule has 8 heteroatoms. The van der Waals surface area contributed by atoms with Gasteiger partial charge in [-0.05, 0) is 30.3 Å². The Bertz CT molecular complexity index is 1070. The SMILES string of the molecule is C=CCN=c1scc(-c2ccc(O)c(C(N)=O)c2)n1/N=C\c1ccccn1. The number of pyridine rings is 1. The monoisotopic (exact) mass is 379 g/mol. The van der Waals surface area contributed by atoms with Crippen LogP contribution in [0.5, 0.6) is 5.75 Å². The summed E-state index contributed by atoms with van der Waals surface area (Å²) < 4.78 is 1.65. The van der Waals surface area contributed by atoms with Crippen molar-refractivity contribution in [1.82, 2.24) is 9.66 Å². The molecule has 0 fully saturated rings. The molecule has 0 radical (unpaired) electrons. The summed E-state index contributed by atoms with van der Waals surface area (Å²) in [4.78, 5) is 20.9. The molecule has 136 valence electrons. The summed E-state index contributed by atoms with van der Waals surface area (Å²) in [5.41, 5.74) is 7.46. The molecule has 1 amide bonds. The van der Waals surface area contributed by atoms with Crippen molar-refractivity contribution in [3.8, 4) is 17.0 Å². The van der Waals surface area contributed by atoms with Crippen LogP contribution in [0.4, 0.5) is 0 Å². The van der Waals surface area contributed by atoms with Crippen molar-refractivity contribution in [2.24, 2.45) is 15.8 Å². The van der Waals surface area contributed by atoms with E-state index >= 15 is 0 Å². The number of nitrogens with zero attached hydrogens (tertiary/aromatic N) is 4. The van der Waals surface area contributed by atoms with Gasteiger partial charge in [-0.3, -0.25) is 14.8 Å². The van der Waals surface area contributed by atoms with E-state index in [4.69, 9.17) is 5.73 Å². The first-order valence-corrected chi connectivity index (χ1v) is 8.88. The number of aromatic hydroxyl groups is 1. The lowest BCUT2D eigenvalue weighted by atomic mass is 10.1. The maximum Gasteiger partial charge on any atom is 0.252 e. The number of benzene rings is 1. The van der Waals surface area contributed by atoms with E-state index in [1.165, 1.54) is 23.5 Å². The van der Waals surface area contributed by atoms with E-state index in [0.717, 1.165) is 0 Å². The highest BCUT2D eigenvalue weighted by atomic mass is 32.1. The fraction of sp³-hybridized carbons (Fsp3) is 0.0526. The zero-order valence-electron chi connectivity index (χ0n) is 14.3. The number of rotatable bonds is 6. The van der Waals surface area contributed by atoms with Crippen LogP contribution in [0.2, 0.25) is 0 Å². The third kappa shape index (κ3) is 4.18. The molecule has 2 aromatic heterocycles. The Morgan fingerprint density at radius 1 is 1.37 bits per heavy atom. The van der Waals surface area contributed by atoms with Gasteiger partial charge in [-0.15, -0.1) is 17.9 Å². The van der Waals surface area contributed by atoms with Crippen molar-refractivity contribution >= 4 is 23.5 Å². The van der Waals surface area contributed by atoms with Gasteiger partial charge in [0.1, 0.15) is 5.75 Å². The number of carbonyl (C=O) groups excluding carboxylic acids is 1. The van der Waals surface area contributed by atoms with Gasteiger partial charge in [0.15, 0.2) is 0 Å². The van der Waals surface area contributed by atoms with Gasteiger partial charge < -0.3 is 10.8 Å². The van der Waals surface area contributed by atoms with Crippen LogP contribution in [-0.2, 0) is 0 Å². The summed E-state index contributed by atoms with van der Waals surface area (Å²) in [6, 6.07) is 10.2. The molecule has 0 saturated carbocycles. The van der Waals surface area contributed by atoms with Gasteiger partial charge in [0.05, 0.1) is 29.7 Å². The van der Waals surface area contributed by atoms with Crippen LogP contribution >= 0.6 is 11.3 Å². The number of amides is 1. The molecule has 0 unspecified atom stereocenters. The highest BCUT2D eigenvalue weighted by Crippen LogP contribution is 2.26. The van der Waals surface area contributed by atoms with Crippen molar-refractivity contribution in [1.29, 1.82) is 0 Å². The highest BCUT2D eigenvalue weighted by Gasteiger charge is 2.13. The number of nitrogens with two attached hydrogens (primary N) is 1. The van der Waals surface area contributed by atoms with Gasteiger partial charge in [0.25, 0.3) is 5.91 Å². The lowest BCUT2D eigenvalue weighted by Gasteiger charge is -2.06. The predicted molar refractivity (Wildman–Crippen MR) is 106 cm³/mol. The van der Waals surface area contributed by atoms with Crippen LogP contribution < -0.4 is 10.5 Å². The minimum atomic E-state index is -0.704. The molecule has 27 heavy (non-hydrogen) atoms. The van der Waals surface area contributed by atoms with Gasteiger partial charge in [-0.1, -0.05) is 12.1 Å². The predicted octanol–water partition coefficient (Wildman–Crippen LogP) is 2.39. The summed E-state index contributed by atoms with van der Waals surface area (Å²) in [5.74, 6) is -0.869. The number of phenols is 1. The van der Waals surface area contributed by atoms with E-state index in [2.05, 4.69) is 21.7 Å². The second kappa shape index (κ2) is 8.24. The van der Waals surface area contributed by atoms with E-state index < -0.39 is 5.91 Å². The fourth-order valence-electron chi connectivity index (χ4n) is 2.32. The molecule has 7 nitrogen and oxygen atoms in total. The van der Waals surface area contributed by atoms with Crippen LogP contribution in [0.3, 0.4) is 0 Å². The van der Waals surface area contributed by atoms with Crippen LogP contribution in [0, 0.1) is 0 Å². The van der Waals surface area contributed by atoms with Gasteiger partial charge in [0, 0.05) is 17.1 Å². The van der Waals surface area contributed by atoms with Crippen LogP contribution in [0.15, 0.2) is 70.7 Å². The van der Waals surface area contributed by atoms with E-state index in [-0.39, 0.29) is 11.3 Å². The summed E-state index contributed by atoms with van der Waals surface area (Å²) >= 11 is 1.40. The molecule has 0 saturated heterocycles. The molecule has 3 N–H and O–H groups in total. The number of carbonyl (C=O) groups is 1. The van der Waals surface area contributed by atoms with Gasteiger partial charge in [0.2, 0.25) is 4.80 Å². The summed E-state index contributed by atoms with van der Waals surface area (Å²) in [5, 5.41) is 16.2. The molecule has 0 aliphatic rings. The number of hydrogen-bond donors (Lipinski definition) is 2. The molecule has 3 rings (SSSR count). The summed E-state index contributed by atoms with van der Waals surface area (Å²) in [6.07, 6.45) is 5.00. The molecular formula is C19H17N5O2S. The van der Waals surface area contributed by atoms with E-state index in [0.29, 0.717) is 28.3 Å². The minimum Gasteiger partial charge on any atom is -0.507 e. The lowest BCUT2D eigenvalue weighted by molar-refractivity contribution is 0.0998. The first-order valence-electron chi connectivity index (χ1n) is 8.00. The second-order valence-corrected chi connectivity index (χ2v) is 6.28. The van der Waals surface area contributed by atoms with Crippen LogP contribution in [0.1, 0.15) is 16.1 Å². The zero-order chi connectivity index (χ0) is 19.2. The smallest absolute Gasteiger partial charge is 0.252 e. The van der Waals surface area contributed by atoms with E-state index in [1.807, 2.05) is 23.6 Å². The molecule has 0 bridgehead atoms. The third-order valence-electron chi connectivity index (χ3n) is 3.59. The van der Waals surface area contributed by atoms with Crippen molar-refractivity contribution in [3.63, 3.8) is 0 Å². The normalized spacial score (nSPS) is 11.8. The fourth-order valence-corrected chi connectivity index (χ4v) is 3.17. The van der Waals surface area contributed by atoms with Crippen LogP contribution in [-0.4, -0.2) is 33.4 Å². The maximum atomic E-state index is 11.5. The molecular weight excluding hydrogens is 362 g/mol. The summed E-state index contributed by atoms with van der Waals surface area (Å²) in [6.45, 7) is 4.12. The largest absolute Gasteiger partial charge is 0.507 e. The Hall–Kier alpha value is -3.52. The topological polar surface area (TPSA) is 106 Å². The number of aromatic nitrogens is 2. The Kier molecular flexibility index (Phi) is 5.58. The van der Waals surface area contributed by atoms with Crippen molar-refractivity contribution in [2.75, 3.05) is 6.54 Å². The Morgan fingerprint density at radius 2 is 2.22 bits per heavy atom. The maximum absolute atomic E-state index is 11.5.